The summed E-state index contributed by atoms with van der Waals surface area (Å²) < 4.78 is 9.82. The predicted molar refractivity (Wildman–Crippen MR) is 75.0 cm³/mol. The molecule has 0 aliphatic rings. The molecule has 0 aliphatic carbocycles. The van der Waals surface area contributed by atoms with E-state index in [1.54, 1.807) is 31.5 Å². The maximum absolute atomic E-state index is 11.5. The van der Waals surface area contributed by atoms with E-state index in [0.29, 0.717) is 34.0 Å². The monoisotopic (exact) mass is 284 g/mol. The first-order chi connectivity index (χ1) is 10.2. The van der Waals surface area contributed by atoms with Crippen LogP contribution in [-0.2, 0) is 4.74 Å². The first kappa shape index (κ1) is 13.0. The third-order valence-electron chi connectivity index (χ3n) is 2.97. The zero-order valence-corrected chi connectivity index (χ0v) is 11.5. The fourth-order valence-electron chi connectivity index (χ4n) is 1.92. The number of carbonyl (C=O) groups is 1. The second kappa shape index (κ2) is 5.20. The summed E-state index contributed by atoms with van der Waals surface area (Å²) in [4.78, 5) is 27.3. The van der Waals surface area contributed by atoms with Crippen molar-refractivity contribution in [1.29, 1.82) is 0 Å². The number of H-pyrrole nitrogens is 1. The lowest BCUT2D eigenvalue weighted by atomic mass is 10.3. The molecule has 0 amide bonds. The molecule has 3 heterocycles. The smallest absolute Gasteiger partial charge is 0.339 e. The van der Waals surface area contributed by atoms with Crippen molar-refractivity contribution >= 4 is 17.1 Å². The predicted octanol–water partition coefficient (Wildman–Crippen LogP) is 1.82. The van der Waals surface area contributed by atoms with Gasteiger partial charge in [-0.05, 0) is 12.1 Å². The number of rotatable bonds is 3. The number of ether oxygens (including phenoxy) is 2. The van der Waals surface area contributed by atoms with Crippen molar-refractivity contribution in [1.82, 2.24) is 19.9 Å². The average Bonchev–Trinajstić information content (AvgIpc) is 2.97. The van der Waals surface area contributed by atoms with Crippen LogP contribution < -0.4 is 4.74 Å². The molecule has 0 saturated carbocycles. The lowest BCUT2D eigenvalue weighted by Crippen LogP contribution is -2.01. The van der Waals surface area contributed by atoms with Crippen LogP contribution in [0.5, 0.6) is 5.75 Å². The number of carbonyl (C=O) groups excluding carboxylic acids is 1. The molecule has 0 bridgehead atoms. The van der Waals surface area contributed by atoms with Gasteiger partial charge in [0.2, 0.25) is 0 Å². The molecule has 0 atom stereocenters. The van der Waals surface area contributed by atoms with Crippen LogP contribution in [0.25, 0.3) is 22.7 Å². The number of pyridine rings is 2. The Morgan fingerprint density at radius 2 is 2.10 bits per heavy atom. The van der Waals surface area contributed by atoms with Crippen LogP contribution in [0, 0.1) is 0 Å². The number of esters is 1. The molecular formula is C14H12N4O3. The fourth-order valence-corrected chi connectivity index (χ4v) is 1.92. The lowest BCUT2D eigenvalue weighted by Gasteiger charge is -2.00. The van der Waals surface area contributed by atoms with E-state index in [-0.39, 0.29) is 0 Å². The molecule has 106 valence electrons. The van der Waals surface area contributed by atoms with Gasteiger partial charge in [-0.15, -0.1) is 0 Å². The summed E-state index contributed by atoms with van der Waals surface area (Å²) in [6.07, 6.45) is 3.06. The van der Waals surface area contributed by atoms with Crippen LogP contribution in [0.4, 0.5) is 0 Å². The molecular weight excluding hydrogens is 272 g/mol. The van der Waals surface area contributed by atoms with E-state index in [1.165, 1.54) is 13.3 Å². The molecule has 7 nitrogen and oxygen atoms in total. The summed E-state index contributed by atoms with van der Waals surface area (Å²) in [5.74, 6) is 0.794. The van der Waals surface area contributed by atoms with Gasteiger partial charge < -0.3 is 14.5 Å². The summed E-state index contributed by atoms with van der Waals surface area (Å²) in [6, 6.07) is 5.16. The van der Waals surface area contributed by atoms with Crippen molar-refractivity contribution < 1.29 is 14.3 Å². The first-order valence-corrected chi connectivity index (χ1v) is 6.16. The highest BCUT2D eigenvalue weighted by Crippen LogP contribution is 2.21. The van der Waals surface area contributed by atoms with Crippen molar-refractivity contribution in [2.75, 3.05) is 14.2 Å². The molecule has 7 heteroatoms. The van der Waals surface area contributed by atoms with Gasteiger partial charge in [0.05, 0.1) is 25.3 Å². The van der Waals surface area contributed by atoms with Crippen molar-refractivity contribution in [2.24, 2.45) is 0 Å². The van der Waals surface area contributed by atoms with Crippen molar-refractivity contribution in [3.05, 3.63) is 36.2 Å². The third-order valence-corrected chi connectivity index (χ3v) is 2.97. The summed E-state index contributed by atoms with van der Waals surface area (Å²) in [7, 11) is 2.91. The minimum absolute atomic E-state index is 0.360. The minimum Gasteiger partial charge on any atom is -0.497 e. The number of fused-ring (bicyclic) bond motifs is 1. The Bertz CT molecular complexity index is 813. The molecule has 21 heavy (non-hydrogen) atoms. The van der Waals surface area contributed by atoms with Gasteiger partial charge in [-0.3, -0.25) is 4.98 Å². The van der Waals surface area contributed by atoms with E-state index in [4.69, 9.17) is 4.74 Å². The Morgan fingerprint density at radius 1 is 1.24 bits per heavy atom. The Labute approximate surface area is 120 Å². The molecule has 0 saturated heterocycles. The molecule has 0 unspecified atom stereocenters. The van der Waals surface area contributed by atoms with Gasteiger partial charge in [0, 0.05) is 18.5 Å². The van der Waals surface area contributed by atoms with E-state index >= 15 is 0 Å². The van der Waals surface area contributed by atoms with Gasteiger partial charge >= 0.3 is 5.97 Å². The molecule has 3 aromatic heterocycles. The SMILES string of the molecule is COC(=O)c1cnc2nc(-c3cc(OC)ccn3)[nH]c2c1. The van der Waals surface area contributed by atoms with E-state index in [9.17, 15) is 4.79 Å². The Balaban J connectivity index is 2.06. The lowest BCUT2D eigenvalue weighted by molar-refractivity contribution is 0.0600. The molecule has 0 radical (unpaired) electrons. The first-order valence-electron chi connectivity index (χ1n) is 6.16. The summed E-state index contributed by atoms with van der Waals surface area (Å²) >= 11 is 0. The van der Waals surface area contributed by atoms with E-state index in [0.717, 1.165) is 0 Å². The summed E-state index contributed by atoms with van der Waals surface area (Å²) in [6.45, 7) is 0. The van der Waals surface area contributed by atoms with Crippen LogP contribution in [-0.4, -0.2) is 40.1 Å². The van der Waals surface area contributed by atoms with Crippen LogP contribution in [0.1, 0.15) is 10.4 Å². The summed E-state index contributed by atoms with van der Waals surface area (Å²) in [5.41, 5.74) is 2.13. The number of nitrogens with zero attached hydrogens (tertiary/aromatic N) is 3. The van der Waals surface area contributed by atoms with Gasteiger partial charge in [0.25, 0.3) is 0 Å². The van der Waals surface area contributed by atoms with Gasteiger partial charge in [-0.2, -0.15) is 0 Å². The average molecular weight is 284 g/mol. The van der Waals surface area contributed by atoms with Gasteiger partial charge in [0.1, 0.15) is 11.4 Å². The molecule has 0 fully saturated rings. The van der Waals surface area contributed by atoms with Gasteiger partial charge in [-0.25, -0.2) is 14.8 Å². The standard InChI is InChI=1S/C14H12N4O3/c1-20-9-3-4-15-10(6-9)13-17-11-5-8(14(19)21-2)7-16-12(11)18-13/h3-7H,1-2H3,(H,16,17,18). The maximum Gasteiger partial charge on any atom is 0.339 e. The van der Waals surface area contributed by atoms with Crippen molar-refractivity contribution in [3.63, 3.8) is 0 Å². The van der Waals surface area contributed by atoms with Crippen LogP contribution in [0.15, 0.2) is 30.6 Å². The number of hydrogen-bond acceptors (Lipinski definition) is 6. The quantitative estimate of drug-likeness (QED) is 0.738. The van der Waals surface area contributed by atoms with E-state index in [2.05, 4.69) is 24.7 Å². The number of aromatic amines is 1. The second-order valence-corrected chi connectivity index (χ2v) is 4.25. The molecule has 0 aliphatic heterocycles. The van der Waals surface area contributed by atoms with Crippen LogP contribution in [0.3, 0.4) is 0 Å². The molecule has 0 aromatic carbocycles. The fraction of sp³-hybridized carbons (Fsp3) is 0.143. The van der Waals surface area contributed by atoms with Crippen molar-refractivity contribution in [3.8, 4) is 17.3 Å². The third kappa shape index (κ3) is 2.40. The summed E-state index contributed by atoms with van der Waals surface area (Å²) in [5, 5.41) is 0. The minimum atomic E-state index is -0.444. The highest BCUT2D eigenvalue weighted by molar-refractivity contribution is 5.92. The number of methoxy groups -OCH3 is 2. The molecule has 3 aromatic rings. The molecule has 1 N–H and O–H groups in total. The topological polar surface area (TPSA) is 90.0 Å². The zero-order chi connectivity index (χ0) is 14.8. The molecule has 0 spiro atoms. The highest BCUT2D eigenvalue weighted by Gasteiger charge is 2.12. The Morgan fingerprint density at radius 3 is 2.86 bits per heavy atom. The van der Waals surface area contributed by atoms with E-state index < -0.39 is 5.97 Å². The Kier molecular flexibility index (Phi) is 3.23. The number of aromatic nitrogens is 4. The van der Waals surface area contributed by atoms with Gasteiger partial charge in [0.15, 0.2) is 11.5 Å². The molecule has 3 rings (SSSR count). The zero-order valence-electron chi connectivity index (χ0n) is 11.5. The van der Waals surface area contributed by atoms with E-state index in [1.807, 2.05) is 0 Å². The normalized spacial score (nSPS) is 10.6. The number of imidazole rings is 1. The second-order valence-electron chi connectivity index (χ2n) is 4.25. The van der Waals surface area contributed by atoms with Gasteiger partial charge in [-0.1, -0.05) is 0 Å². The highest BCUT2D eigenvalue weighted by atomic mass is 16.5. The Hall–Kier alpha value is -2.96. The van der Waals surface area contributed by atoms with Crippen molar-refractivity contribution in [2.45, 2.75) is 0 Å². The largest absolute Gasteiger partial charge is 0.497 e. The maximum atomic E-state index is 11.5. The van der Waals surface area contributed by atoms with Crippen LogP contribution in [0.2, 0.25) is 0 Å². The number of nitrogens with one attached hydrogen (secondary N) is 1. The van der Waals surface area contributed by atoms with Crippen LogP contribution >= 0.6 is 0 Å². The number of hydrogen-bond donors (Lipinski definition) is 1.